The van der Waals surface area contributed by atoms with Crippen molar-refractivity contribution in [2.24, 2.45) is 0 Å². The highest BCUT2D eigenvalue weighted by atomic mass is 16.5. The summed E-state index contributed by atoms with van der Waals surface area (Å²) >= 11 is 0. The van der Waals surface area contributed by atoms with Crippen LogP contribution >= 0.6 is 0 Å². The lowest BCUT2D eigenvalue weighted by Crippen LogP contribution is -2.53. The lowest BCUT2D eigenvalue weighted by Gasteiger charge is -2.34. The molecule has 0 atom stereocenters. The Kier molecular flexibility index (Phi) is 7.71. The molecule has 1 heterocycles. The van der Waals surface area contributed by atoms with Crippen molar-refractivity contribution in [1.82, 2.24) is 15.1 Å². The Balaban J connectivity index is 1.34. The molecule has 1 N–H and O–H groups in total. The molecule has 0 bridgehead atoms. The summed E-state index contributed by atoms with van der Waals surface area (Å²) in [4.78, 5) is 28.6. The van der Waals surface area contributed by atoms with Crippen LogP contribution in [-0.4, -0.2) is 61.6 Å². The van der Waals surface area contributed by atoms with Crippen LogP contribution in [0.3, 0.4) is 0 Å². The second kappa shape index (κ2) is 10.7. The normalized spacial score (nSPS) is 13.8. The maximum atomic E-state index is 12.5. The molecule has 2 aromatic rings. The van der Waals surface area contributed by atoms with Crippen molar-refractivity contribution in [2.75, 3.05) is 39.8 Å². The van der Waals surface area contributed by atoms with Gasteiger partial charge in [-0.25, -0.2) is 4.79 Å². The Morgan fingerprint density at radius 3 is 2.13 bits per heavy atom. The molecule has 0 unspecified atom stereocenters. The third-order valence-electron chi connectivity index (χ3n) is 5.47. The Morgan fingerprint density at radius 2 is 1.50 bits per heavy atom. The zero-order chi connectivity index (χ0) is 21.3. The summed E-state index contributed by atoms with van der Waals surface area (Å²) in [6.07, 6.45) is 2.20. The Bertz CT molecular complexity index is 826. The van der Waals surface area contributed by atoms with Gasteiger partial charge in [0.15, 0.2) is 0 Å². The van der Waals surface area contributed by atoms with Gasteiger partial charge < -0.3 is 19.9 Å². The van der Waals surface area contributed by atoms with Crippen molar-refractivity contribution >= 4 is 11.9 Å². The smallest absolute Gasteiger partial charge is 0.317 e. The highest BCUT2D eigenvalue weighted by Gasteiger charge is 2.23. The van der Waals surface area contributed by atoms with Crippen molar-refractivity contribution in [1.29, 1.82) is 0 Å². The van der Waals surface area contributed by atoms with E-state index in [-0.39, 0.29) is 11.9 Å². The molecule has 160 valence electrons. The van der Waals surface area contributed by atoms with Crippen LogP contribution in [0.15, 0.2) is 48.5 Å². The number of benzene rings is 2. The predicted octanol–water partition coefficient (Wildman–Crippen LogP) is 3.03. The average molecular weight is 410 g/mol. The third-order valence-corrected chi connectivity index (χ3v) is 5.47. The molecule has 1 fully saturated rings. The van der Waals surface area contributed by atoms with Gasteiger partial charge >= 0.3 is 6.03 Å². The van der Waals surface area contributed by atoms with Crippen molar-refractivity contribution in [3.63, 3.8) is 0 Å². The number of piperazine rings is 1. The van der Waals surface area contributed by atoms with E-state index in [2.05, 4.69) is 5.32 Å². The summed E-state index contributed by atoms with van der Waals surface area (Å²) in [7, 11) is 1.66. The lowest BCUT2D eigenvalue weighted by molar-refractivity contribution is -0.131. The van der Waals surface area contributed by atoms with Crippen molar-refractivity contribution in [3.8, 4) is 5.75 Å². The molecule has 30 heavy (non-hydrogen) atoms. The fourth-order valence-electron chi connectivity index (χ4n) is 3.54. The third kappa shape index (κ3) is 6.24. The number of ether oxygens (including phenoxy) is 1. The van der Waals surface area contributed by atoms with Gasteiger partial charge in [-0.05, 0) is 43.0 Å². The van der Waals surface area contributed by atoms with Crippen LogP contribution in [0.2, 0.25) is 0 Å². The van der Waals surface area contributed by atoms with Crippen LogP contribution in [-0.2, 0) is 17.6 Å². The molecular weight excluding hydrogens is 378 g/mol. The molecule has 3 rings (SSSR count). The number of nitrogens with zero attached hydrogens (tertiary/aromatic N) is 2. The number of urea groups is 1. The van der Waals surface area contributed by atoms with Gasteiger partial charge in [0.1, 0.15) is 5.75 Å². The monoisotopic (exact) mass is 409 g/mol. The summed E-state index contributed by atoms with van der Waals surface area (Å²) in [5.41, 5.74) is 3.45. The summed E-state index contributed by atoms with van der Waals surface area (Å²) in [5, 5.41) is 2.99. The van der Waals surface area contributed by atoms with Crippen LogP contribution in [0.5, 0.6) is 5.75 Å². The van der Waals surface area contributed by atoms with E-state index in [0.29, 0.717) is 39.1 Å². The topological polar surface area (TPSA) is 61.9 Å². The fraction of sp³-hybridized carbons (Fsp3) is 0.417. The molecule has 6 nitrogen and oxygen atoms in total. The molecule has 0 spiro atoms. The number of methoxy groups -OCH3 is 1. The van der Waals surface area contributed by atoms with E-state index in [1.165, 1.54) is 11.1 Å². The molecule has 2 aromatic carbocycles. The van der Waals surface area contributed by atoms with Crippen molar-refractivity contribution in [3.05, 3.63) is 65.2 Å². The van der Waals surface area contributed by atoms with E-state index in [1.54, 1.807) is 12.0 Å². The zero-order valence-corrected chi connectivity index (χ0v) is 17.9. The Morgan fingerprint density at radius 1 is 0.900 bits per heavy atom. The first-order valence-corrected chi connectivity index (χ1v) is 10.5. The highest BCUT2D eigenvalue weighted by molar-refractivity contribution is 5.79. The number of rotatable bonds is 7. The summed E-state index contributed by atoms with van der Waals surface area (Å²) in [6, 6.07) is 16.0. The minimum atomic E-state index is -0.0460. The molecule has 0 aliphatic carbocycles. The predicted molar refractivity (Wildman–Crippen MR) is 118 cm³/mol. The molecule has 1 aliphatic heterocycles. The van der Waals surface area contributed by atoms with Crippen molar-refractivity contribution in [2.45, 2.75) is 26.2 Å². The molecular formula is C24H31N3O3. The van der Waals surface area contributed by atoms with E-state index in [4.69, 9.17) is 4.74 Å². The van der Waals surface area contributed by atoms with Gasteiger partial charge in [0, 0.05) is 32.7 Å². The maximum Gasteiger partial charge on any atom is 0.317 e. The highest BCUT2D eigenvalue weighted by Crippen LogP contribution is 2.12. The van der Waals surface area contributed by atoms with Gasteiger partial charge in [-0.1, -0.05) is 42.0 Å². The zero-order valence-electron chi connectivity index (χ0n) is 17.9. The fourth-order valence-corrected chi connectivity index (χ4v) is 3.54. The molecule has 0 aromatic heterocycles. The minimum absolute atomic E-state index is 0.0460. The molecule has 0 saturated carbocycles. The molecule has 0 radical (unpaired) electrons. The SMILES string of the molecule is COc1ccc(CCCNC(=O)N2CCN(C(=O)Cc3ccc(C)cc3)CC2)cc1. The van der Waals surface area contributed by atoms with Gasteiger partial charge in [-0.15, -0.1) is 0 Å². The first-order valence-electron chi connectivity index (χ1n) is 10.5. The van der Waals surface area contributed by atoms with E-state index >= 15 is 0 Å². The van der Waals surface area contributed by atoms with Crippen LogP contribution in [0.25, 0.3) is 0 Å². The molecule has 3 amide bonds. The maximum absolute atomic E-state index is 12.5. The first kappa shape index (κ1) is 21.7. The van der Waals surface area contributed by atoms with Crippen molar-refractivity contribution < 1.29 is 14.3 Å². The van der Waals surface area contributed by atoms with E-state index < -0.39 is 0 Å². The summed E-state index contributed by atoms with van der Waals surface area (Å²) in [6.45, 7) is 4.99. The number of aryl methyl sites for hydroxylation is 2. The summed E-state index contributed by atoms with van der Waals surface area (Å²) < 4.78 is 5.16. The standard InChI is InChI=1S/C24H31N3O3/c1-19-5-7-21(8-6-19)18-23(28)26-14-16-27(17-15-26)24(29)25-13-3-4-20-9-11-22(30-2)12-10-20/h5-12H,3-4,13-18H2,1-2H3,(H,25,29). The number of hydrogen-bond donors (Lipinski definition) is 1. The largest absolute Gasteiger partial charge is 0.497 e. The number of carbonyl (C=O) groups is 2. The second-order valence-electron chi connectivity index (χ2n) is 7.71. The Labute approximate surface area is 178 Å². The van der Waals surface area contributed by atoms with Gasteiger partial charge in [0.05, 0.1) is 13.5 Å². The number of nitrogens with one attached hydrogen (secondary N) is 1. The van der Waals surface area contributed by atoms with E-state index in [0.717, 1.165) is 24.2 Å². The van der Waals surface area contributed by atoms with Gasteiger partial charge in [0.25, 0.3) is 0 Å². The first-order chi connectivity index (χ1) is 14.5. The van der Waals surface area contributed by atoms with Gasteiger partial charge in [-0.2, -0.15) is 0 Å². The van der Waals surface area contributed by atoms with Gasteiger partial charge in [0.2, 0.25) is 5.91 Å². The lowest BCUT2D eigenvalue weighted by atomic mass is 10.1. The second-order valence-corrected chi connectivity index (χ2v) is 7.71. The molecule has 1 saturated heterocycles. The number of carbonyl (C=O) groups excluding carboxylic acids is 2. The number of amides is 3. The van der Waals surface area contributed by atoms with Crippen LogP contribution in [0.4, 0.5) is 4.79 Å². The van der Waals surface area contributed by atoms with Crippen LogP contribution < -0.4 is 10.1 Å². The summed E-state index contributed by atoms with van der Waals surface area (Å²) in [5.74, 6) is 0.974. The Hall–Kier alpha value is -3.02. The number of hydrogen-bond acceptors (Lipinski definition) is 3. The molecule has 1 aliphatic rings. The van der Waals surface area contributed by atoms with Gasteiger partial charge in [-0.3, -0.25) is 4.79 Å². The quantitative estimate of drug-likeness (QED) is 0.715. The van der Waals surface area contributed by atoms with Crippen LogP contribution in [0.1, 0.15) is 23.1 Å². The molecule has 6 heteroatoms. The minimum Gasteiger partial charge on any atom is -0.497 e. The van der Waals surface area contributed by atoms with E-state index in [1.807, 2.05) is 60.4 Å². The van der Waals surface area contributed by atoms with Crippen LogP contribution in [0, 0.1) is 6.92 Å². The average Bonchev–Trinajstić information content (AvgIpc) is 2.78. The van der Waals surface area contributed by atoms with E-state index in [9.17, 15) is 9.59 Å².